The molecule has 3 heterocycles. The number of ether oxygens (including phenoxy) is 1. The van der Waals surface area contributed by atoms with Crippen LogP contribution >= 0.6 is 11.8 Å². The Balaban J connectivity index is 1.21. The standard InChI is InChI=1S/C57H63N3OS/c1-33-22-36(4)51(37(5)23-33)38-26-39(52-59-56(15)32-40-24-34(2)35(3)25-47(40)57(56,62-52)55(12,13)14)28-44(27-38)61-43-17-18-45-46-29-41(53(6,7)8)16-19-48(46)60(49(45)31-43)50-30-42(20-21-58-50)54(9,10)11/h16-31H,32H2,1-15H3/t56-,57-/m1/s1. The molecule has 1 aliphatic carbocycles. The van der Waals surface area contributed by atoms with Gasteiger partial charge in [-0.3, -0.25) is 9.56 Å². The SMILES string of the molecule is Cc1cc(C)c(-c2cc(Oc3ccc4c5cc(C(C)(C)C)ccc5n(-c5cc(C(C)(C)C)ccn5)c4c3)cc(C3=N[C@]4(C)Cc5cc(C)c(C)cc5[C@]4(C(C)(C)C)S3)c2)c(C)c1. The largest absolute Gasteiger partial charge is 0.457 e. The molecule has 0 bridgehead atoms. The fraction of sp³-hybridized carbons (Fsp3) is 0.368. The number of hydrogen-bond acceptors (Lipinski definition) is 4. The summed E-state index contributed by atoms with van der Waals surface area (Å²) in [4.78, 5) is 10.8. The minimum Gasteiger partial charge on any atom is -0.457 e. The predicted octanol–water partition coefficient (Wildman–Crippen LogP) is 15.5. The molecule has 7 aromatic rings. The summed E-state index contributed by atoms with van der Waals surface area (Å²) in [5.74, 6) is 2.48. The van der Waals surface area contributed by atoms with Gasteiger partial charge in [0.25, 0.3) is 0 Å². The van der Waals surface area contributed by atoms with Crippen molar-refractivity contribution >= 4 is 38.6 Å². The number of nitrogens with zero attached hydrogens (tertiary/aromatic N) is 3. The third-order valence-corrected chi connectivity index (χ3v) is 15.9. The van der Waals surface area contributed by atoms with Gasteiger partial charge in [-0.05, 0) is 174 Å². The van der Waals surface area contributed by atoms with E-state index >= 15 is 0 Å². The second-order valence-corrected chi connectivity index (χ2v) is 23.0. The van der Waals surface area contributed by atoms with Crippen LogP contribution < -0.4 is 4.74 Å². The summed E-state index contributed by atoms with van der Waals surface area (Å²) in [6.45, 7) is 34.3. The number of fused-ring (bicyclic) bond motifs is 6. The summed E-state index contributed by atoms with van der Waals surface area (Å²) in [6, 6.07) is 34.1. The highest BCUT2D eigenvalue weighted by Gasteiger charge is 2.65. The first-order valence-corrected chi connectivity index (χ1v) is 23.2. The number of pyridine rings is 1. The summed E-state index contributed by atoms with van der Waals surface area (Å²) >= 11 is 1.97. The average Bonchev–Trinajstić information content (AvgIpc) is 3.75. The van der Waals surface area contributed by atoms with Crippen LogP contribution in [-0.4, -0.2) is 20.1 Å². The first-order valence-electron chi connectivity index (χ1n) is 22.3. The summed E-state index contributed by atoms with van der Waals surface area (Å²) in [7, 11) is 0. The molecule has 4 nitrogen and oxygen atoms in total. The molecule has 0 fully saturated rings. The van der Waals surface area contributed by atoms with E-state index in [0.717, 1.165) is 50.9 Å². The van der Waals surface area contributed by atoms with Crippen molar-refractivity contribution in [3.05, 3.63) is 153 Å². The van der Waals surface area contributed by atoms with Crippen LogP contribution in [0.4, 0.5) is 0 Å². The summed E-state index contributed by atoms with van der Waals surface area (Å²) in [5.41, 5.74) is 17.2. The van der Waals surface area contributed by atoms with Crippen molar-refractivity contribution in [1.29, 1.82) is 0 Å². The number of rotatable bonds is 5. The molecule has 1 aliphatic heterocycles. The van der Waals surface area contributed by atoms with Gasteiger partial charge in [0.05, 0.1) is 26.4 Å². The lowest BCUT2D eigenvalue weighted by atomic mass is 9.68. The maximum atomic E-state index is 7.09. The first-order chi connectivity index (χ1) is 29.0. The van der Waals surface area contributed by atoms with Crippen molar-refractivity contribution in [3.63, 3.8) is 0 Å². The number of thioether (sulfide) groups is 1. The highest BCUT2D eigenvalue weighted by molar-refractivity contribution is 8.15. The maximum absolute atomic E-state index is 7.09. The zero-order valence-corrected chi connectivity index (χ0v) is 40.4. The molecule has 9 rings (SSSR count). The number of benzene rings is 5. The topological polar surface area (TPSA) is 39.4 Å². The Morgan fingerprint density at radius 1 is 0.613 bits per heavy atom. The van der Waals surface area contributed by atoms with E-state index in [1.807, 2.05) is 18.0 Å². The van der Waals surface area contributed by atoms with Crippen LogP contribution in [0.25, 0.3) is 38.8 Å². The van der Waals surface area contributed by atoms with E-state index < -0.39 is 0 Å². The second kappa shape index (κ2) is 14.2. The molecule has 0 saturated carbocycles. The average molecular weight is 838 g/mol. The van der Waals surface area contributed by atoms with Crippen molar-refractivity contribution in [2.24, 2.45) is 10.4 Å². The molecule has 2 aromatic heterocycles. The van der Waals surface area contributed by atoms with Gasteiger partial charge in [0.1, 0.15) is 17.3 Å². The summed E-state index contributed by atoms with van der Waals surface area (Å²) in [5, 5.41) is 3.47. The van der Waals surface area contributed by atoms with E-state index in [1.165, 1.54) is 66.4 Å². The molecule has 0 spiro atoms. The first kappa shape index (κ1) is 42.2. The Bertz CT molecular complexity index is 2990. The van der Waals surface area contributed by atoms with Gasteiger partial charge in [-0.25, -0.2) is 4.98 Å². The number of aliphatic imine (C=N–C) groups is 1. The van der Waals surface area contributed by atoms with Crippen LogP contribution in [-0.2, 0) is 22.0 Å². The molecular weight excluding hydrogens is 775 g/mol. The van der Waals surface area contributed by atoms with Crippen LogP contribution in [0.15, 0.2) is 102 Å². The molecule has 2 atom stereocenters. The molecule has 5 heteroatoms. The highest BCUT2D eigenvalue weighted by Crippen LogP contribution is 2.67. The van der Waals surface area contributed by atoms with Crippen molar-refractivity contribution in [1.82, 2.24) is 9.55 Å². The van der Waals surface area contributed by atoms with Crippen LogP contribution in [0.5, 0.6) is 11.5 Å². The third kappa shape index (κ3) is 6.73. The van der Waals surface area contributed by atoms with Crippen molar-refractivity contribution in [2.75, 3.05) is 0 Å². The van der Waals surface area contributed by atoms with Gasteiger partial charge in [0.15, 0.2) is 0 Å². The molecule has 62 heavy (non-hydrogen) atoms. The van der Waals surface area contributed by atoms with Crippen LogP contribution in [0.3, 0.4) is 0 Å². The van der Waals surface area contributed by atoms with Crippen molar-refractivity contribution in [3.8, 4) is 28.4 Å². The Labute approximate surface area is 374 Å². The van der Waals surface area contributed by atoms with E-state index in [-0.39, 0.29) is 26.5 Å². The van der Waals surface area contributed by atoms with Gasteiger partial charge < -0.3 is 4.74 Å². The van der Waals surface area contributed by atoms with E-state index in [2.05, 4.69) is 199 Å². The Kier molecular flexibility index (Phi) is 9.66. The van der Waals surface area contributed by atoms with Gasteiger partial charge >= 0.3 is 0 Å². The molecule has 0 N–H and O–H groups in total. The molecule has 0 amide bonds. The monoisotopic (exact) mass is 837 g/mol. The molecule has 5 aromatic carbocycles. The molecule has 2 aliphatic rings. The van der Waals surface area contributed by atoms with Gasteiger partial charge in [0.2, 0.25) is 0 Å². The highest BCUT2D eigenvalue weighted by atomic mass is 32.2. The smallest absolute Gasteiger partial charge is 0.137 e. The molecular formula is C57H63N3OS. The van der Waals surface area contributed by atoms with Crippen LogP contribution in [0.2, 0.25) is 0 Å². The lowest BCUT2D eigenvalue weighted by molar-refractivity contribution is 0.203. The van der Waals surface area contributed by atoms with E-state index in [9.17, 15) is 0 Å². The molecule has 0 radical (unpaired) electrons. The van der Waals surface area contributed by atoms with Crippen LogP contribution in [0, 0.1) is 40.0 Å². The normalized spacial score (nSPS) is 19.0. The lowest BCUT2D eigenvalue weighted by Crippen LogP contribution is -2.49. The Morgan fingerprint density at radius 3 is 1.95 bits per heavy atom. The lowest BCUT2D eigenvalue weighted by Gasteiger charge is -2.46. The van der Waals surface area contributed by atoms with Crippen molar-refractivity contribution in [2.45, 2.75) is 131 Å². The number of aromatic nitrogens is 2. The quantitative estimate of drug-likeness (QED) is 0.173. The van der Waals surface area contributed by atoms with Crippen molar-refractivity contribution < 1.29 is 4.74 Å². The minimum atomic E-state index is -0.301. The number of hydrogen-bond donors (Lipinski definition) is 0. The maximum Gasteiger partial charge on any atom is 0.137 e. The number of aryl methyl sites for hydroxylation is 5. The third-order valence-electron chi connectivity index (χ3n) is 13.8. The Hall–Kier alpha value is -5.13. The van der Waals surface area contributed by atoms with Crippen LogP contribution in [0.1, 0.15) is 125 Å². The van der Waals surface area contributed by atoms with E-state index in [4.69, 9.17) is 14.7 Å². The van der Waals surface area contributed by atoms with Gasteiger partial charge in [-0.15, -0.1) is 0 Å². The fourth-order valence-corrected chi connectivity index (χ4v) is 12.5. The molecule has 318 valence electrons. The predicted molar refractivity (Wildman–Crippen MR) is 265 cm³/mol. The molecule has 0 saturated heterocycles. The second-order valence-electron chi connectivity index (χ2n) is 21.8. The minimum absolute atomic E-state index is 0.0127. The zero-order chi connectivity index (χ0) is 44.5. The summed E-state index contributed by atoms with van der Waals surface area (Å²) in [6.07, 6.45) is 2.87. The molecule has 0 unspecified atom stereocenters. The van der Waals surface area contributed by atoms with Gasteiger partial charge in [0, 0.05) is 28.6 Å². The van der Waals surface area contributed by atoms with E-state index in [1.54, 1.807) is 0 Å². The Morgan fingerprint density at radius 2 is 1.27 bits per heavy atom. The van der Waals surface area contributed by atoms with Gasteiger partial charge in [-0.1, -0.05) is 110 Å². The van der Waals surface area contributed by atoms with Gasteiger partial charge in [-0.2, -0.15) is 0 Å². The van der Waals surface area contributed by atoms with E-state index in [0.29, 0.717) is 0 Å². The summed E-state index contributed by atoms with van der Waals surface area (Å²) < 4.78 is 9.19. The zero-order valence-electron chi connectivity index (χ0n) is 39.6. The fourth-order valence-electron chi connectivity index (χ4n) is 10.8.